The Morgan fingerprint density at radius 2 is 2.05 bits per heavy atom. The fraction of sp³-hybridized carbons (Fsp3) is 0.571. The second-order valence-electron chi connectivity index (χ2n) is 5.30. The molecule has 0 saturated carbocycles. The molecule has 6 atom stereocenters. The minimum Gasteiger partial charge on any atom is -0.390 e. The SMILES string of the molecule is CC1[C@H](N=[N+]=[N-])OC2COC(c3ccccc3)O[C@H]2[C@@H]1O. The Balaban J connectivity index is 1.76. The summed E-state index contributed by atoms with van der Waals surface area (Å²) in [6, 6.07) is 9.55. The molecule has 2 aliphatic heterocycles. The van der Waals surface area contributed by atoms with Crippen molar-refractivity contribution in [2.75, 3.05) is 6.61 Å². The highest BCUT2D eigenvalue weighted by Crippen LogP contribution is 2.36. The first-order chi connectivity index (χ1) is 10.2. The second-order valence-corrected chi connectivity index (χ2v) is 5.30. The van der Waals surface area contributed by atoms with Gasteiger partial charge in [0.2, 0.25) is 0 Å². The molecule has 1 N–H and O–H groups in total. The molecule has 112 valence electrons. The number of benzene rings is 1. The first kappa shape index (κ1) is 14.3. The molecule has 3 rings (SSSR count). The number of fused-ring (bicyclic) bond motifs is 1. The van der Waals surface area contributed by atoms with Gasteiger partial charge in [-0.1, -0.05) is 42.4 Å². The van der Waals surface area contributed by atoms with Crippen molar-refractivity contribution in [1.29, 1.82) is 0 Å². The Bertz CT molecular complexity index is 532. The van der Waals surface area contributed by atoms with Gasteiger partial charge in [0.05, 0.1) is 12.7 Å². The van der Waals surface area contributed by atoms with E-state index < -0.39 is 30.8 Å². The van der Waals surface area contributed by atoms with Crippen LogP contribution in [0.1, 0.15) is 18.8 Å². The number of rotatable bonds is 2. The lowest BCUT2D eigenvalue weighted by atomic mass is 9.91. The molecule has 21 heavy (non-hydrogen) atoms. The maximum absolute atomic E-state index is 10.4. The molecule has 7 nitrogen and oxygen atoms in total. The van der Waals surface area contributed by atoms with Crippen LogP contribution in [0.5, 0.6) is 0 Å². The lowest BCUT2D eigenvalue weighted by Gasteiger charge is -2.46. The minimum atomic E-state index is -0.769. The predicted molar refractivity (Wildman–Crippen MR) is 73.0 cm³/mol. The fourth-order valence-corrected chi connectivity index (χ4v) is 2.70. The van der Waals surface area contributed by atoms with E-state index in [0.717, 1.165) is 5.56 Å². The van der Waals surface area contributed by atoms with Gasteiger partial charge in [-0.2, -0.15) is 0 Å². The van der Waals surface area contributed by atoms with Crippen LogP contribution in [-0.2, 0) is 14.2 Å². The van der Waals surface area contributed by atoms with Gasteiger partial charge >= 0.3 is 0 Å². The molecule has 2 saturated heterocycles. The first-order valence-electron chi connectivity index (χ1n) is 6.90. The van der Waals surface area contributed by atoms with E-state index >= 15 is 0 Å². The number of aliphatic hydroxyl groups is 1. The van der Waals surface area contributed by atoms with Crippen LogP contribution in [0.4, 0.5) is 0 Å². The van der Waals surface area contributed by atoms with Crippen LogP contribution in [0.2, 0.25) is 0 Å². The zero-order valence-corrected chi connectivity index (χ0v) is 11.6. The maximum atomic E-state index is 10.4. The molecule has 2 aliphatic rings. The molecule has 0 radical (unpaired) electrons. The van der Waals surface area contributed by atoms with Crippen molar-refractivity contribution >= 4 is 0 Å². The molecule has 1 aromatic rings. The summed E-state index contributed by atoms with van der Waals surface area (Å²) in [4.78, 5) is 2.75. The molecule has 7 heteroatoms. The van der Waals surface area contributed by atoms with Crippen molar-refractivity contribution in [1.82, 2.24) is 0 Å². The Morgan fingerprint density at radius 1 is 1.29 bits per heavy atom. The summed E-state index contributed by atoms with van der Waals surface area (Å²) in [7, 11) is 0. The van der Waals surface area contributed by atoms with E-state index in [0.29, 0.717) is 0 Å². The van der Waals surface area contributed by atoms with Crippen LogP contribution in [0, 0.1) is 5.92 Å². The van der Waals surface area contributed by atoms with Gasteiger partial charge in [-0.15, -0.1) is 0 Å². The molecular formula is C14H17N3O4. The summed E-state index contributed by atoms with van der Waals surface area (Å²) < 4.78 is 17.2. The molecule has 1 aromatic carbocycles. The first-order valence-corrected chi connectivity index (χ1v) is 6.90. The summed E-state index contributed by atoms with van der Waals surface area (Å²) in [6.45, 7) is 2.06. The van der Waals surface area contributed by atoms with E-state index in [2.05, 4.69) is 10.0 Å². The third kappa shape index (κ3) is 2.74. The highest BCUT2D eigenvalue weighted by atomic mass is 16.7. The Kier molecular flexibility index (Phi) is 4.10. The fourth-order valence-electron chi connectivity index (χ4n) is 2.70. The third-order valence-corrected chi connectivity index (χ3v) is 3.94. The van der Waals surface area contributed by atoms with Gasteiger partial charge in [0.1, 0.15) is 18.4 Å². The van der Waals surface area contributed by atoms with Gasteiger partial charge in [-0.05, 0) is 5.53 Å². The summed E-state index contributed by atoms with van der Waals surface area (Å²) >= 11 is 0. The molecule has 2 fully saturated rings. The van der Waals surface area contributed by atoms with Gasteiger partial charge in [0.25, 0.3) is 0 Å². The van der Waals surface area contributed by atoms with Crippen molar-refractivity contribution < 1.29 is 19.3 Å². The number of hydrogen-bond acceptors (Lipinski definition) is 5. The molecule has 2 heterocycles. The molecule has 0 aliphatic carbocycles. The van der Waals surface area contributed by atoms with Gasteiger partial charge in [0.15, 0.2) is 6.29 Å². The van der Waals surface area contributed by atoms with E-state index in [9.17, 15) is 5.11 Å². The van der Waals surface area contributed by atoms with Gasteiger partial charge < -0.3 is 19.3 Å². The van der Waals surface area contributed by atoms with E-state index in [1.807, 2.05) is 30.3 Å². The molecule has 0 spiro atoms. The highest BCUT2D eigenvalue weighted by Gasteiger charge is 2.47. The number of ether oxygens (including phenoxy) is 3. The van der Waals surface area contributed by atoms with E-state index in [1.54, 1.807) is 6.92 Å². The largest absolute Gasteiger partial charge is 0.390 e. The Labute approximate surface area is 122 Å². The van der Waals surface area contributed by atoms with Crippen molar-refractivity contribution in [3.63, 3.8) is 0 Å². The standard InChI is InChI=1S/C14H17N3O4/c1-8-11(18)12-10(20-13(8)16-17-15)7-19-14(21-12)9-5-3-2-4-6-9/h2-6,8,10-14,18H,7H2,1H3/t8?,10?,11-,12-,13-,14?/m1/s1. The summed E-state index contributed by atoms with van der Waals surface area (Å²) in [5, 5.41) is 14.0. The minimum absolute atomic E-state index is 0.283. The smallest absolute Gasteiger partial charge is 0.184 e. The summed E-state index contributed by atoms with van der Waals surface area (Å²) in [5.74, 6) is -0.336. The van der Waals surface area contributed by atoms with Gasteiger partial charge in [-0.25, -0.2) is 0 Å². The van der Waals surface area contributed by atoms with Crippen LogP contribution in [-0.4, -0.2) is 36.3 Å². The molecular weight excluding hydrogens is 274 g/mol. The van der Waals surface area contributed by atoms with Crippen LogP contribution >= 0.6 is 0 Å². The predicted octanol–water partition coefficient (Wildman–Crippen LogP) is 2.13. The van der Waals surface area contributed by atoms with E-state index in [1.165, 1.54) is 0 Å². The molecule has 3 unspecified atom stereocenters. The average Bonchev–Trinajstić information content (AvgIpc) is 2.53. The van der Waals surface area contributed by atoms with Crippen molar-refractivity contribution in [2.24, 2.45) is 11.0 Å². The third-order valence-electron chi connectivity index (χ3n) is 3.94. The van der Waals surface area contributed by atoms with Crippen LogP contribution < -0.4 is 0 Å². The van der Waals surface area contributed by atoms with Crippen LogP contribution in [0.25, 0.3) is 10.4 Å². The molecule has 0 aromatic heterocycles. The lowest BCUT2D eigenvalue weighted by Crippen LogP contribution is -2.58. The number of azide groups is 1. The highest BCUT2D eigenvalue weighted by molar-refractivity contribution is 5.16. The monoisotopic (exact) mass is 291 g/mol. The summed E-state index contributed by atoms with van der Waals surface area (Å²) in [6.07, 6.45) is -2.93. The Hall–Kier alpha value is -1.63. The normalized spacial score (nSPS) is 39.1. The summed E-state index contributed by atoms with van der Waals surface area (Å²) in [5.41, 5.74) is 9.44. The van der Waals surface area contributed by atoms with Crippen molar-refractivity contribution in [3.8, 4) is 0 Å². The van der Waals surface area contributed by atoms with E-state index in [4.69, 9.17) is 19.7 Å². The number of hydrogen-bond donors (Lipinski definition) is 1. The van der Waals surface area contributed by atoms with Gasteiger partial charge in [-0.3, -0.25) is 0 Å². The number of nitrogens with zero attached hydrogens (tertiary/aromatic N) is 3. The maximum Gasteiger partial charge on any atom is 0.184 e. The second kappa shape index (κ2) is 6.01. The molecule has 0 bridgehead atoms. The van der Waals surface area contributed by atoms with Crippen molar-refractivity contribution in [3.05, 3.63) is 46.3 Å². The topological polar surface area (TPSA) is 96.7 Å². The molecule has 0 amide bonds. The average molecular weight is 291 g/mol. The zero-order chi connectivity index (χ0) is 14.8. The van der Waals surface area contributed by atoms with E-state index in [-0.39, 0.29) is 12.5 Å². The Morgan fingerprint density at radius 3 is 2.76 bits per heavy atom. The lowest BCUT2D eigenvalue weighted by molar-refractivity contribution is -0.319. The zero-order valence-electron chi connectivity index (χ0n) is 11.6. The van der Waals surface area contributed by atoms with Crippen molar-refractivity contribution in [2.45, 2.75) is 37.8 Å². The van der Waals surface area contributed by atoms with Gasteiger partial charge in [0, 0.05) is 16.4 Å². The van der Waals surface area contributed by atoms with Crippen LogP contribution in [0.15, 0.2) is 35.4 Å². The quantitative estimate of drug-likeness (QED) is 0.513. The van der Waals surface area contributed by atoms with Crippen LogP contribution in [0.3, 0.4) is 0 Å². The number of aliphatic hydroxyl groups excluding tert-OH is 1.